The van der Waals surface area contributed by atoms with Gasteiger partial charge in [0.25, 0.3) is 0 Å². The van der Waals surface area contributed by atoms with Gasteiger partial charge in [-0.25, -0.2) is 9.37 Å². The lowest BCUT2D eigenvalue weighted by Gasteiger charge is -2.07. The third kappa shape index (κ3) is 5.14. The average Bonchev–Trinajstić information content (AvgIpc) is 3.09. The van der Waals surface area contributed by atoms with Gasteiger partial charge in [0.1, 0.15) is 5.82 Å². The molecule has 0 radical (unpaired) electrons. The summed E-state index contributed by atoms with van der Waals surface area (Å²) in [7, 11) is 0. The molecule has 0 saturated carbocycles. The molecule has 0 aliphatic carbocycles. The molecule has 7 nitrogen and oxygen atoms in total. The van der Waals surface area contributed by atoms with Gasteiger partial charge in [0.2, 0.25) is 17.0 Å². The smallest absolute Gasteiger partial charge is 0.234 e. The molecule has 3 aromatic rings. The van der Waals surface area contributed by atoms with Crippen LogP contribution in [0.1, 0.15) is 6.92 Å². The minimum absolute atomic E-state index is 0.0823. The third-order valence-corrected chi connectivity index (χ3v) is 4.24. The molecule has 0 saturated heterocycles. The normalized spacial score (nSPS) is 10.4. The summed E-state index contributed by atoms with van der Waals surface area (Å²) in [6, 6.07) is 13.1. The third-order valence-electron chi connectivity index (χ3n) is 3.39. The highest BCUT2D eigenvalue weighted by Gasteiger charge is 2.12. The Bertz CT molecular complexity index is 976. The van der Waals surface area contributed by atoms with Crippen molar-refractivity contribution in [2.75, 3.05) is 16.4 Å². The number of halogens is 1. The Balaban J connectivity index is 1.57. The number of carbonyl (C=O) groups excluding carboxylic acids is 2. The van der Waals surface area contributed by atoms with Gasteiger partial charge in [0.05, 0.1) is 11.3 Å². The second-order valence-corrected chi connectivity index (χ2v) is 6.49. The molecule has 0 aliphatic rings. The van der Waals surface area contributed by atoms with E-state index >= 15 is 0 Å². The quantitative estimate of drug-likeness (QED) is 0.566. The van der Waals surface area contributed by atoms with Gasteiger partial charge in [-0.3, -0.25) is 14.7 Å². The molecule has 27 heavy (non-hydrogen) atoms. The van der Waals surface area contributed by atoms with Crippen molar-refractivity contribution in [3.63, 3.8) is 0 Å². The van der Waals surface area contributed by atoms with Crippen LogP contribution in [-0.2, 0) is 9.59 Å². The SMILES string of the molecule is CC(=O)Nc1cccc(NC(=O)CSc2n[nH]c(-c3ccccc3F)n2)c1. The number of H-pyrrole nitrogens is 1. The summed E-state index contributed by atoms with van der Waals surface area (Å²) >= 11 is 1.13. The Kier molecular flexibility index (Phi) is 5.82. The van der Waals surface area contributed by atoms with E-state index in [4.69, 9.17) is 0 Å². The number of amides is 2. The molecule has 0 fully saturated rings. The molecule has 9 heteroatoms. The zero-order valence-electron chi connectivity index (χ0n) is 14.3. The van der Waals surface area contributed by atoms with E-state index in [2.05, 4.69) is 25.8 Å². The first-order valence-corrected chi connectivity index (χ1v) is 8.97. The number of aromatic nitrogens is 3. The number of carbonyl (C=O) groups is 2. The number of aromatic amines is 1. The molecule has 1 heterocycles. The van der Waals surface area contributed by atoms with Gasteiger partial charge in [-0.1, -0.05) is 30.0 Å². The topological polar surface area (TPSA) is 99.8 Å². The predicted molar refractivity (Wildman–Crippen MR) is 102 cm³/mol. The molecule has 0 atom stereocenters. The molecule has 138 valence electrons. The predicted octanol–water partition coefficient (Wildman–Crippen LogP) is 3.30. The van der Waals surface area contributed by atoms with E-state index in [0.717, 1.165) is 11.8 Å². The molecule has 2 amide bonds. The number of nitrogens with zero attached hydrogens (tertiary/aromatic N) is 2. The van der Waals surface area contributed by atoms with Crippen LogP contribution in [0.2, 0.25) is 0 Å². The molecule has 0 unspecified atom stereocenters. The van der Waals surface area contributed by atoms with E-state index in [9.17, 15) is 14.0 Å². The maximum Gasteiger partial charge on any atom is 0.234 e. The summed E-state index contributed by atoms with van der Waals surface area (Å²) in [5.41, 5.74) is 1.47. The van der Waals surface area contributed by atoms with Gasteiger partial charge < -0.3 is 10.6 Å². The van der Waals surface area contributed by atoms with Crippen LogP contribution in [0.3, 0.4) is 0 Å². The summed E-state index contributed by atoms with van der Waals surface area (Å²) in [4.78, 5) is 27.4. The monoisotopic (exact) mass is 385 g/mol. The molecular weight excluding hydrogens is 369 g/mol. The Hall–Kier alpha value is -3.20. The minimum Gasteiger partial charge on any atom is -0.326 e. The first-order valence-electron chi connectivity index (χ1n) is 7.99. The van der Waals surface area contributed by atoms with E-state index in [1.165, 1.54) is 13.0 Å². The van der Waals surface area contributed by atoms with Crippen LogP contribution in [0.5, 0.6) is 0 Å². The van der Waals surface area contributed by atoms with Crippen LogP contribution >= 0.6 is 11.8 Å². The van der Waals surface area contributed by atoms with Gasteiger partial charge in [0, 0.05) is 18.3 Å². The van der Waals surface area contributed by atoms with Crippen molar-refractivity contribution in [1.82, 2.24) is 15.2 Å². The Morgan fingerprint density at radius 2 is 1.85 bits per heavy atom. The van der Waals surface area contributed by atoms with Gasteiger partial charge in [-0.2, -0.15) is 0 Å². The van der Waals surface area contributed by atoms with E-state index in [0.29, 0.717) is 27.9 Å². The molecule has 3 rings (SSSR count). The zero-order chi connectivity index (χ0) is 19.2. The number of nitrogens with one attached hydrogen (secondary N) is 3. The van der Waals surface area contributed by atoms with Crippen molar-refractivity contribution in [3.8, 4) is 11.4 Å². The fraction of sp³-hybridized carbons (Fsp3) is 0.111. The molecule has 0 bridgehead atoms. The van der Waals surface area contributed by atoms with Crippen molar-refractivity contribution in [2.24, 2.45) is 0 Å². The van der Waals surface area contributed by atoms with Crippen LogP contribution in [0.25, 0.3) is 11.4 Å². The lowest BCUT2D eigenvalue weighted by atomic mass is 10.2. The molecule has 0 spiro atoms. The number of hydrogen-bond acceptors (Lipinski definition) is 5. The maximum absolute atomic E-state index is 13.8. The summed E-state index contributed by atoms with van der Waals surface area (Å²) in [6.07, 6.45) is 0. The average molecular weight is 385 g/mol. The van der Waals surface area contributed by atoms with Crippen LogP contribution in [0.15, 0.2) is 53.7 Å². The number of rotatable bonds is 6. The molecule has 0 aliphatic heterocycles. The lowest BCUT2D eigenvalue weighted by molar-refractivity contribution is -0.114. The van der Waals surface area contributed by atoms with Gasteiger partial charge >= 0.3 is 0 Å². The fourth-order valence-electron chi connectivity index (χ4n) is 2.29. The standard InChI is InChI=1S/C18H16FN5O2S/c1-11(25)20-12-5-4-6-13(9-12)21-16(26)10-27-18-22-17(23-24-18)14-7-2-3-8-15(14)19/h2-9H,10H2,1H3,(H,20,25)(H,21,26)(H,22,23,24). The second-order valence-electron chi connectivity index (χ2n) is 5.55. The van der Waals surface area contributed by atoms with E-state index in [-0.39, 0.29) is 17.6 Å². The molecule has 1 aromatic heterocycles. The number of hydrogen-bond donors (Lipinski definition) is 3. The summed E-state index contributed by atoms with van der Waals surface area (Å²) < 4.78 is 13.8. The number of anilines is 2. The summed E-state index contributed by atoms with van der Waals surface area (Å²) in [5.74, 6) is -0.457. The van der Waals surface area contributed by atoms with Gasteiger partial charge in [-0.15, -0.1) is 5.10 Å². The van der Waals surface area contributed by atoms with E-state index in [1.807, 2.05) is 0 Å². The number of benzene rings is 2. The molecule has 2 aromatic carbocycles. The van der Waals surface area contributed by atoms with Crippen LogP contribution in [-0.4, -0.2) is 32.7 Å². The van der Waals surface area contributed by atoms with Crippen LogP contribution < -0.4 is 10.6 Å². The summed E-state index contributed by atoms with van der Waals surface area (Å²) in [5, 5.41) is 12.4. The van der Waals surface area contributed by atoms with Crippen molar-refractivity contribution in [2.45, 2.75) is 12.1 Å². The second kappa shape index (κ2) is 8.45. The first-order chi connectivity index (χ1) is 13.0. The van der Waals surface area contributed by atoms with Crippen molar-refractivity contribution in [3.05, 3.63) is 54.3 Å². The highest BCUT2D eigenvalue weighted by atomic mass is 32.2. The van der Waals surface area contributed by atoms with Crippen LogP contribution in [0, 0.1) is 5.82 Å². The van der Waals surface area contributed by atoms with E-state index in [1.54, 1.807) is 42.5 Å². The minimum atomic E-state index is -0.401. The van der Waals surface area contributed by atoms with Crippen LogP contribution in [0.4, 0.5) is 15.8 Å². The molecular formula is C18H16FN5O2S. The van der Waals surface area contributed by atoms with Crippen molar-refractivity contribution < 1.29 is 14.0 Å². The lowest BCUT2D eigenvalue weighted by Crippen LogP contribution is -2.14. The van der Waals surface area contributed by atoms with Gasteiger partial charge in [0.15, 0.2) is 5.82 Å². The Morgan fingerprint density at radius 3 is 2.59 bits per heavy atom. The Labute approximate surface area is 158 Å². The number of thioether (sulfide) groups is 1. The Morgan fingerprint density at radius 1 is 1.11 bits per heavy atom. The van der Waals surface area contributed by atoms with Crippen molar-refractivity contribution >= 4 is 35.0 Å². The fourth-order valence-corrected chi connectivity index (χ4v) is 2.89. The largest absolute Gasteiger partial charge is 0.326 e. The highest BCUT2D eigenvalue weighted by molar-refractivity contribution is 7.99. The van der Waals surface area contributed by atoms with Gasteiger partial charge in [-0.05, 0) is 30.3 Å². The first kappa shape index (κ1) is 18.6. The maximum atomic E-state index is 13.8. The zero-order valence-corrected chi connectivity index (χ0v) is 15.1. The highest BCUT2D eigenvalue weighted by Crippen LogP contribution is 2.22. The summed E-state index contributed by atoms with van der Waals surface area (Å²) in [6.45, 7) is 1.41. The van der Waals surface area contributed by atoms with Crippen molar-refractivity contribution in [1.29, 1.82) is 0 Å². The van der Waals surface area contributed by atoms with E-state index < -0.39 is 5.82 Å². The molecule has 3 N–H and O–H groups in total.